The highest BCUT2D eigenvalue weighted by Gasteiger charge is 2.36. The second kappa shape index (κ2) is 7.04. The molecule has 0 aliphatic heterocycles. The smallest absolute Gasteiger partial charge is 0.322 e. The standard InChI is InChI=1S/C15H20BrNO4/c1-15(2,3)21-14(20)12(13(18)19)11(17)8-9-6-4-5-7-10(9)16/h4-7,11-12H,8,17H2,1-3H3,(H,18,19)/t11-,12-/m1/s1. The minimum absolute atomic E-state index is 0.262. The molecule has 0 aliphatic carbocycles. The van der Waals surface area contributed by atoms with Gasteiger partial charge in [-0.25, -0.2) is 0 Å². The Morgan fingerprint density at radius 1 is 1.33 bits per heavy atom. The molecule has 2 atom stereocenters. The van der Waals surface area contributed by atoms with Gasteiger partial charge in [-0.3, -0.25) is 9.59 Å². The lowest BCUT2D eigenvalue weighted by Crippen LogP contribution is -2.45. The summed E-state index contributed by atoms with van der Waals surface area (Å²) in [6.07, 6.45) is 0.262. The van der Waals surface area contributed by atoms with E-state index in [1.54, 1.807) is 20.8 Å². The van der Waals surface area contributed by atoms with Gasteiger partial charge in [-0.05, 0) is 38.8 Å². The second-order valence-electron chi connectivity index (χ2n) is 5.81. The Balaban J connectivity index is 2.88. The van der Waals surface area contributed by atoms with Gasteiger partial charge in [0.15, 0.2) is 5.92 Å². The summed E-state index contributed by atoms with van der Waals surface area (Å²) in [4.78, 5) is 23.4. The van der Waals surface area contributed by atoms with Gasteiger partial charge in [0.25, 0.3) is 0 Å². The number of nitrogens with two attached hydrogens (primary N) is 1. The van der Waals surface area contributed by atoms with Crippen LogP contribution >= 0.6 is 15.9 Å². The zero-order valence-electron chi connectivity index (χ0n) is 12.3. The maximum Gasteiger partial charge on any atom is 0.322 e. The number of rotatable bonds is 5. The summed E-state index contributed by atoms with van der Waals surface area (Å²) in [5.41, 5.74) is 6.03. The summed E-state index contributed by atoms with van der Waals surface area (Å²) in [7, 11) is 0. The molecular formula is C15H20BrNO4. The van der Waals surface area contributed by atoms with Crippen molar-refractivity contribution in [3.63, 3.8) is 0 Å². The van der Waals surface area contributed by atoms with E-state index in [-0.39, 0.29) is 6.42 Å². The lowest BCUT2D eigenvalue weighted by atomic mass is 9.94. The van der Waals surface area contributed by atoms with Crippen LogP contribution < -0.4 is 5.73 Å². The monoisotopic (exact) mass is 357 g/mol. The third-order valence-corrected chi connectivity index (χ3v) is 3.54. The average molecular weight is 358 g/mol. The Kier molecular flexibility index (Phi) is 5.92. The number of halogens is 1. The highest BCUT2D eigenvalue weighted by Crippen LogP contribution is 2.21. The van der Waals surface area contributed by atoms with E-state index in [2.05, 4.69) is 15.9 Å². The number of carboxylic acids is 1. The highest BCUT2D eigenvalue weighted by molar-refractivity contribution is 9.10. The van der Waals surface area contributed by atoms with Crippen LogP contribution in [0.15, 0.2) is 28.7 Å². The minimum atomic E-state index is -1.39. The van der Waals surface area contributed by atoms with E-state index in [4.69, 9.17) is 10.5 Å². The van der Waals surface area contributed by atoms with Gasteiger partial charge in [-0.1, -0.05) is 34.1 Å². The molecule has 1 rings (SSSR count). The predicted octanol–water partition coefficient (Wildman–Crippen LogP) is 2.36. The SMILES string of the molecule is CC(C)(C)OC(=O)[C@@H](C(=O)O)[C@H](N)Cc1ccccc1Br. The molecule has 0 bridgehead atoms. The third kappa shape index (κ3) is 5.47. The van der Waals surface area contributed by atoms with Crippen LogP contribution in [-0.2, 0) is 20.7 Å². The van der Waals surface area contributed by atoms with Crippen molar-refractivity contribution in [3.8, 4) is 0 Å². The summed E-state index contributed by atoms with van der Waals surface area (Å²) in [6, 6.07) is 6.48. The lowest BCUT2D eigenvalue weighted by molar-refractivity contribution is -0.167. The molecule has 1 aromatic carbocycles. The number of benzene rings is 1. The van der Waals surface area contributed by atoms with E-state index in [0.717, 1.165) is 10.0 Å². The molecule has 0 spiro atoms. The van der Waals surface area contributed by atoms with Gasteiger partial charge in [0.1, 0.15) is 5.60 Å². The van der Waals surface area contributed by atoms with Crippen LogP contribution in [0, 0.1) is 5.92 Å². The third-order valence-electron chi connectivity index (χ3n) is 2.77. The Bertz CT molecular complexity index is 525. The maximum absolute atomic E-state index is 12.0. The number of hydrogen-bond donors (Lipinski definition) is 2. The first kappa shape index (κ1) is 17.7. The molecule has 3 N–H and O–H groups in total. The van der Waals surface area contributed by atoms with Crippen molar-refractivity contribution >= 4 is 27.9 Å². The van der Waals surface area contributed by atoms with Crippen LogP contribution in [0.1, 0.15) is 26.3 Å². The summed E-state index contributed by atoms with van der Waals surface area (Å²) in [5, 5.41) is 9.27. The average Bonchev–Trinajstić information content (AvgIpc) is 2.29. The van der Waals surface area contributed by atoms with Crippen molar-refractivity contribution in [2.45, 2.75) is 38.8 Å². The van der Waals surface area contributed by atoms with Gasteiger partial charge >= 0.3 is 11.9 Å². The van der Waals surface area contributed by atoms with Crippen molar-refractivity contribution in [2.75, 3.05) is 0 Å². The molecule has 0 saturated heterocycles. The summed E-state index contributed by atoms with van der Waals surface area (Å²) < 4.78 is 5.97. The van der Waals surface area contributed by atoms with Gasteiger partial charge < -0.3 is 15.6 Å². The van der Waals surface area contributed by atoms with Gasteiger partial charge in [-0.15, -0.1) is 0 Å². The fourth-order valence-electron chi connectivity index (χ4n) is 1.86. The van der Waals surface area contributed by atoms with Crippen LogP contribution in [-0.4, -0.2) is 28.7 Å². The lowest BCUT2D eigenvalue weighted by Gasteiger charge is -2.25. The summed E-state index contributed by atoms with van der Waals surface area (Å²) >= 11 is 3.38. The van der Waals surface area contributed by atoms with Gasteiger partial charge in [0, 0.05) is 10.5 Å². The molecule has 0 unspecified atom stereocenters. The number of ether oxygens (including phenoxy) is 1. The Labute approximate surface area is 132 Å². The van der Waals surface area contributed by atoms with Crippen molar-refractivity contribution in [1.29, 1.82) is 0 Å². The molecule has 21 heavy (non-hydrogen) atoms. The quantitative estimate of drug-likeness (QED) is 0.623. The van der Waals surface area contributed by atoms with Crippen molar-refractivity contribution in [2.24, 2.45) is 11.7 Å². The Morgan fingerprint density at radius 3 is 2.38 bits per heavy atom. The van der Waals surface area contributed by atoms with Crippen molar-refractivity contribution in [3.05, 3.63) is 34.3 Å². The molecule has 0 aliphatic rings. The van der Waals surface area contributed by atoms with Gasteiger partial charge in [0.2, 0.25) is 0 Å². The first-order valence-electron chi connectivity index (χ1n) is 6.56. The first-order valence-corrected chi connectivity index (χ1v) is 7.36. The molecule has 5 nitrogen and oxygen atoms in total. The van der Waals surface area contributed by atoms with Crippen LogP contribution in [0.2, 0.25) is 0 Å². The van der Waals surface area contributed by atoms with Crippen LogP contribution in [0.5, 0.6) is 0 Å². The summed E-state index contributed by atoms with van der Waals surface area (Å²) in [6.45, 7) is 5.05. The molecule has 116 valence electrons. The second-order valence-corrected chi connectivity index (χ2v) is 6.66. The fraction of sp³-hybridized carbons (Fsp3) is 0.467. The predicted molar refractivity (Wildman–Crippen MR) is 82.8 cm³/mol. The molecule has 6 heteroatoms. The number of carbonyl (C=O) groups excluding carboxylic acids is 1. The minimum Gasteiger partial charge on any atom is -0.481 e. The van der Waals surface area contributed by atoms with E-state index in [9.17, 15) is 14.7 Å². The van der Waals surface area contributed by atoms with Gasteiger partial charge in [-0.2, -0.15) is 0 Å². The normalized spacial score (nSPS) is 14.3. The Morgan fingerprint density at radius 2 is 1.90 bits per heavy atom. The van der Waals surface area contributed by atoms with Crippen molar-refractivity contribution in [1.82, 2.24) is 0 Å². The number of aliphatic carboxylic acids is 1. The zero-order chi connectivity index (χ0) is 16.2. The molecule has 0 radical (unpaired) electrons. The van der Waals surface area contributed by atoms with Crippen LogP contribution in [0.3, 0.4) is 0 Å². The molecule has 0 saturated carbocycles. The topological polar surface area (TPSA) is 89.6 Å². The van der Waals surface area contributed by atoms with E-state index in [1.807, 2.05) is 24.3 Å². The van der Waals surface area contributed by atoms with E-state index in [1.165, 1.54) is 0 Å². The Hall–Kier alpha value is -1.40. The number of carbonyl (C=O) groups is 2. The zero-order valence-corrected chi connectivity index (χ0v) is 13.9. The largest absolute Gasteiger partial charge is 0.481 e. The number of esters is 1. The van der Waals surface area contributed by atoms with Crippen LogP contribution in [0.25, 0.3) is 0 Å². The van der Waals surface area contributed by atoms with E-state index >= 15 is 0 Å². The first-order chi connectivity index (χ1) is 9.61. The molecule has 0 heterocycles. The number of hydrogen-bond acceptors (Lipinski definition) is 4. The van der Waals surface area contributed by atoms with E-state index < -0.39 is 29.5 Å². The fourth-order valence-corrected chi connectivity index (χ4v) is 2.31. The molecule has 0 aromatic heterocycles. The molecule has 0 amide bonds. The number of carboxylic acid groups (broad SMARTS) is 1. The van der Waals surface area contributed by atoms with Crippen molar-refractivity contribution < 1.29 is 19.4 Å². The molecule has 0 fully saturated rings. The van der Waals surface area contributed by atoms with Gasteiger partial charge in [0.05, 0.1) is 0 Å². The highest BCUT2D eigenvalue weighted by atomic mass is 79.9. The molecule has 1 aromatic rings. The van der Waals surface area contributed by atoms with Crippen LogP contribution in [0.4, 0.5) is 0 Å². The molecular weight excluding hydrogens is 338 g/mol. The maximum atomic E-state index is 12.0. The van der Waals surface area contributed by atoms with E-state index in [0.29, 0.717) is 0 Å². The summed E-state index contributed by atoms with van der Waals surface area (Å²) in [5.74, 6) is -3.48.